The molecule has 1 aromatic heterocycles. The van der Waals surface area contributed by atoms with Gasteiger partial charge in [-0.1, -0.05) is 30.3 Å². The van der Waals surface area contributed by atoms with Crippen molar-refractivity contribution in [2.24, 2.45) is 0 Å². The van der Waals surface area contributed by atoms with Gasteiger partial charge < -0.3 is 4.74 Å². The monoisotopic (exact) mass is 299 g/mol. The number of ether oxygens (including phenoxy) is 1. The molecule has 0 radical (unpaired) electrons. The van der Waals surface area contributed by atoms with Gasteiger partial charge in [-0.25, -0.2) is 5.43 Å². The molecule has 6 nitrogen and oxygen atoms in total. The summed E-state index contributed by atoms with van der Waals surface area (Å²) in [4.78, 5) is 27.6. The maximum atomic E-state index is 12.0. The van der Waals surface area contributed by atoms with Gasteiger partial charge in [0.2, 0.25) is 0 Å². The van der Waals surface area contributed by atoms with Gasteiger partial charge in [0.15, 0.2) is 0 Å². The van der Waals surface area contributed by atoms with E-state index in [4.69, 9.17) is 4.74 Å². The third kappa shape index (κ3) is 4.39. The summed E-state index contributed by atoms with van der Waals surface area (Å²) >= 11 is 0. The molecule has 114 valence electrons. The van der Waals surface area contributed by atoms with Crippen LogP contribution in [-0.4, -0.2) is 30.0 Å². The number of esters is 1. The summed E-state index contributed by atoms with van der Waals surface area (Å²) in [5.41, 5.74) is 6.65. The van der Waals surface area contributed by atoms with Crippen molar-refractivity contribution < 1.29 is 14.3 Å². The fraction of sp³-hybridized carbons (Fsp3) is 0.188. The number of pyridine rings is 1. The number of methoxy groups -OCH3 is 1. The van der Waals surface area contributed by atoms with Crippen LogP contribution < -0.4 is 10.9 Å². The minimum Gasteiger partial charge on any atom is -0.468 e. The van der Waals surface area contributed by atoms with E-state index < -0.39 is 12.0 Å². The van der Waals surface area contributed by atoms with Crippen molar-refractivity contribution in [1.29, 1.82) is 0 Å². The van der Waals surface area contributed by atoms with Gasteiger partial charge in [-0.05, 0) is 17.7 Å². The second-order valence-electron chi connectivity index (χ2n) is 4.60. The number of benzene rings is 1. The van der Waals surface area contributed by atoms with Crippen molar-refractivity contribution in [3.8, 4) is 0 Å². The number of carbonyl (C=O) groups is 2. The summed E-state index contributed by atoms with van der Waals surface area (Å²) in [5, 5.41) is 0. The van der Waals surface area contributed by atoms with E-state index in [0.29, 0.717) is 12.0 Å². The summed E-state index contributed by atoms with van der Waals surface area (Å²) in [6.07, 6.45) is 3.46. The lowest BCUT2D eigenvalue weighted by atomic mass is 10.1. The van der Waals surface area contributed by atoms with Gasteiger partial charge in [0.1, 0.15) is 6.04 Å². The maximum absolute atomic E-state index is 12.0. The van der Waals surface area contributed by atoms with Crippen LogP contribution in [0.5, 0.6) is 0 Å². The van der Waals surface area contributed by atoms with Crippen molar-refractivity contribution in [3.05, 3.63) is 66.0 Å². The smallest absolute Gasteiger partial charge is 0.325 e. The Labute approximate surface area is 128 Å². The molecule has 0 bridgehead atoms. The zero-order valence-corrected chi connectivity index (χ0v) is 12.2. The summed E-state index contributed by atoms with van der Waals surface area (Å²) in [6.45, 7) is 0. The summed E-state index contributed by atoms with van der Waals surface area (Å²) in [5.74, 6) is -0.789. The van der Waals surface area contributed by atoms with Crippen LogP contribution in [0.4, 0.5) is 0 Å². The molecule has 0 fully saturated rings. The number of amides is 1. The molecular formula is C16H17N3O3. The fourth-order valence-electron chi connectivity index (χ4n) is 1.91. The molecule has 0 aliphatic carbocycles. The third-order valence-electron chi connectivity index (χ3n) is 3.07. The van der Waals surface area contributed by atoms with E-state index in [-0.39, 0.29) is 5.91 Å². The first-order chi connectivity index (χ1) is 10.7. The molecule has 1 aromatic carbocycles. The molecule has 0 unspecified atom stereocenters. The van der Waals surface area contributed by atoms with Gasteiger partial charge >= 0.3 is 5.97 Å². The molecule has 2 N–H and O–H groups in total. The van der Waals surface area contributed by atoms with Crippen molar-refractivity contribution in [3.63, 3.8) is 0 Å². The average Bonchev–Trinajstić information content (AvgIpc) is 2.59. The first kappa shape index (κ1) is 15.7. The summed E-state index contributed by atoms with van der Waals surface area (Å²) in [6, 6.07) is 12.0. The van der Waals surface area contributed by atoms with Crippen LogP contribution in [-0.2, 0) is 16.0 Å². The van der Waals surface area contributed by atoms with E-state index in [1.807, 2.05) is 30.3 Å². The predicted molar refractivity (Wildman–Crippen MR) is 80.8 cm³/mol. The highest BCUT2D eigenvalue weighted by atomic mass is 16.5. The number of nitrogens with zero attached hydrogens (tertiary/aromatic N) is 1. The molecule has 22 heavy (non-hydrogen) atoms. The first-order valence-corrected chi connectivity index (χ1v) is 6.78. The lowest BCUT2D eigenvalue weighted by Gasteiger charge is -2.17. The van der Waals surface area contributed by atoms with Gasteiger partial charge in [0.05, 0.1) is 7.11 Å². The summed E-state index contributed by atoms with van der Waals surface area (Å²) in [7, 11) is 1.31. The van der Waals surface area contributed by atoms with Crippen LogP contribution >= 0.6 is 0 Å². The second kappa shape index (κ2) is 7.90. The molecule has 1 atom stereocenters. The fourth-order valence-corrected chi connectivity index (χ4v) is 1.91. The van der Waals surface area contributed by atoms with Crippen LogP contribution in [0.3, 0.4) is 0 Å². The van der Waals surface area contributed by atoms with Crippen LogP contribution in [0.2, 0.25) is 0 Å². The Hall–Kier alpha value is -2.73. The number of carbonyl (C=O) groups excluding carboxylic acids is 2. The zero-order valence-electron chi connectivity index (χ0n) is 12.2. The second-order valence-corrected chi connectivity index (χ2v) is 4.60. The van der Waals surface area contributed by atoms with Gasteiger partial charge in [0, 0.05) is 24.4 Å². The number of hydrazine groups is 1. The van der Waals surface area contributed by atoms with E-state index >= 15 is 0 Å². The number of hydrogen-bond donors (Lipinski definition) is 2. The molecule has 0 saturated heterocycles. The molecule has 1 amide bonds. The quantitative estimate of drug-likeness (QED) is 0.617. The third-order valence-corrected chi connectivity index (χ3v) is 3.07. The van der Waals surface area contributed by atoms with E-state index in [1.54, 1.807) is 12.1 Å². The highest BCUT2D eigenvalue weighted by Crippen LogP contribution is 2.04. The van der Waals surface area contributed by atoms with Crippen molar-refractivity contribution in [1.82, 2.24) is 15.8 Å². The van der Waals surface area contributed by atoms with Crippen LogP contribution in [0.25, 0.3) is 0 Å². The van der Waals surface area contributed by atoms with Crippen LogP contribution in [0.1, 0.15) is 15.9 Å². The number of aromatic nitrogens is 1. The molecule has 0 spiro atoms. The Kier molecular flexibility index (Phi) is 5.62. The Bertz CT molecular complexity index is 617. The van der Waals surface area contributed by atoms with Crippen molar-refractivity contribution in [2.75, 3.05) is 7.11 Å². The average molecular weight is 299 g/mol. The Morgan fingerprint density at radius 3 is 2.45 bits per heavy atom. The van der Waals surface area contributed by atoms with E-state index in [2.05, 4.69) is 15.8 Å². The lowest BCUT2D eigenvalue weighted by molar-refractivity contribution is -0.143. The van der Waals surface area contributed by atoms with Gasteiger partial charge in [0.25, 0.3) is 5.91 Å². The molecule has 2 aromatic rings. The minimum atomic E-state index is -0.668. The predicted octanol–water partition coefficient (Wildman–Crippen LogP) is 1.10. The van der Waals surface area contributed by atoms with Crippen LogP contribution in [0.15, 0.2) is 54.9 Å². The molecule has 0 aliphatic rings. The van der Waals surface area contributed by atoms with E-state index in [0.717, 1.165) is 5.56 Å². The Morgan fingerprint density at radius 2 is 1.82 bits per heavy atom. The standard InChI is InChI=1S/C16H17N3O3/c1-22-16(21)14(11-12-5-3-2-4-6-12)18-19-15(20)13-7-9-17-10-8-13/h2-10,14,18H,11H2,1H3,(H,19,20)/t14-/m0/s1. The van der Waals surface area contributed by atoms with Crippen molar-refractivity contribution >= 4 is 11.9 Å². The zero-order chi connectivity index (χ0) is 15.8. The summed E-state index contributed by atoms with van der Waals surface area (Å²) < 4.78 is 4.76. The largest absolute Gasteiger partial charge is 0.468 e. The Balaban J connectivity index is 1.98. The van der Waals surface area contributed by atoms with Gasteiger partial charge in [-0.3, -0.25) is 20.0 Å². The molecule has 0 saturated carbocycles. The number of nitrogens with one attached hydrogen (secondary N) is 2. The maximum Gasteiger partial charge on any atom is 0.325 e. The molecule has 2 rings (SSSR count). The first-order valence-electron chi connectivity index (χ1n) is 6.78. The highest BCUT2D eigenvalue weighted by Gasteiger charge is 2.20. The van der Waals surface area contributed by atoms with E-state index in [9.17, 15) is 9.59 Å². The Morgan fingerprint density at radius 1 is 1.14 bits per heavy atom. The minimum absolute atomic E-state index is 0.343. The normalized spacial score (nSPS) is 11.5. The van der Waals surface area contributed by atoms with Gasteiger partial charge in [-0.2, -0.15) is 0 Å². The SMILES string of the molecule is COC(=O)[C@H](Cc1ccccc1)NNC(=O)c1ccncc1. The van der Waals surface area contributed by atoms with Gasteiger partial charge in [-0.15, -0.1) is 0 Å². The molecule has 0 aliphatic heterocycles. The molecule has 6 heteroatoms. The lowest BCUT2D eigenvalue weighted by Crippen LogP contribution is -2.49. The number of rotatable bonds is 6. The van der Waals surface area contributed by atoms with E-state index in [1.165, 1.54) is 19.5 Å². The van der Waals surface area contributed by atoms with Crippen LogP contribution in [0, 0.1) is 0 Å². The molecule has 1 heterocycles. The number of hydrogen-bond acceptors (Lipinski definition) is 5. The highest BCUT2D eigenvalue weighted by molar-refractivity contribution is 5.93. The van der Waals surface area contributed by atoms with Crippen molar-refractivity contribution in [2.45, 2.75) is 12.5 Å². The molecular weight excluding hydrogens is 282 g/mol. The topological polar surface area (TPSA) is 80.3 Å².